The van der Waals surface area contributed by atoms with Crippen molar-refractivity contribution < 1.29 is 10.0 Å². The van der Waals surface area contributed by atoms with Crippen molar-refractivity contribution >= 4 is 11.7 Å². The Labute approximate surface area is 106 Å². The number of pyridine rings is 1. The molecule has 0 radical (unpaired) electrons. The molecular weight excluding hydrogens is 232 g/mol. The number of amides is 1. The van der Waals surface area contributed by atoms with Crippen molar-refractivity contribution in [3.8, 4) is 0 Å². The molecule has 18 heavy (non-hydrogen) atoms. The average Bonchev–Trinajstić information content (AvgIpc) is 2.37. The van der Waals surface area contributed by atoms with Crippen LogP contribution >= 0.6 is 0 Å². The van der Waals surface area contributed by atoms with E-state index in [1.165, 1.54) is 0 Å². The summed E-state index contributed by atoms with van der Waals surface area (Å²) >= 11 is 0. The third-order valence-electron chi connectivity index (χ3n) is 2.57. The van der Waals surface area contributed by atoms with E-state index in [0.717, 1.165) is 5.56 Å². The number of nitrogens with one attached hydrogen (secondary N) is 1. The van der Waals surface area contributed by atoms with Gasteiger partial charge in [-0.15, -0.1) is 0 Å². The van der Waals surface area contributed by atoms with Gasteiger partial charge in [0.1, 0.15) is 5.92 Å². The van der Waals surface area contributed by atoms with Crippen LogP contribution in [0.25, 0.3) is 0 Å². The zero-order valence-electron chi connectivity index (χ0n) is 10.5. The number of nitrogens with zero attached hydrogens (tertiary/aromatic N) is 2. The third-order valence-corrected chi connectivity index (χ3v) is 2.57. The minimum absolute atomic E-state index is 0.0465. The van der Waals surface area contributed by atoms with Crippen LogP contribution in [0, 0.1) is 11.8 Å². The predicted molar refractivity (Wildman–Crippen MR) is 67.8 cm³/mol. The van der Waals surface area contributed by atoms with Crippen LogP contribution in [0.5, 0.6) is 0 Å². The number of hydrogen-bond acceptors (Lipinski definition) is 4. The van der Waals surface area contributed by atoms with Crippen molar-refractivity contribution in [3.05, 3.63) is 30.1 Å². The number of nitrogens with two attached hydrogens (primary N) is 1. The second kappa shape index (κ2) is 6.58. The summed E-state index contributed by atoms with van der Waals surface area (Å²) in [6.45, 7) is 4.05. The van der Waals surface area contributed by atoms with Crippen molar-refractivity contribution in [3.63, 3.8) is 0 Å². The van der Waals surface area contributed by atoms with E-state index >= 15 is 0 Å². The van der Waals surface area contributed by atoms with Gasteiger partial charge in [-0.3, -0.25) is 9.78 Å². The highest BCUT2D eigenvalue weighted by molar-refractivity contribution is 6.02. The average molecular weight is 250 g/mol. The lowest BCUT2D eigenvalue weighted by Crippen LogP contribution is -2.41. The van der Waals surface area contributed by atoms with Crippen LogP contribution in [0.15, 0.2) is 29.7 Å². The molecule has 1 unspecified atom stereocenters. The molecule has 0 aliphatic heterocycles. The van der Waals surface area contributed by atoms with Crippen LogP contribution in [0.2, 0.25) is 0 Å². The number of amidine groups is 1. The largest absolute Gasteiger partial charge is 0.409 e. The molecule has 1 aromatic heterocycles. The lowest BCUT2D eigenvalue weighted by atomic mass is 9.94. The van der Waals surface area contributed by atoms with E-state index in [0.29, 0.717) is 6.54 Å². The number of oxime groups is 1. The molecule has 1 heterocycles. The van der Waals surface area contributed by atoms with Crippen LogP contribution in [0.3, 0.4) is 0 Å². The van der Waals surface area contributed by atoms with E-state index in [-0.39, 0.29) is 17.7 Å². The summed E-state index contributed by atoms with van der Waals surface area (Å²) in [6.07, 6.45) is 3.34. The topological polar surface area (TPSA) is 101 Å². The Kier molecular flexibility index (Phi) is 5.10. The second-order valence-electron chi connectivity index (χ2n) is 4.33. The number of rotatable bonds is 5. The first-order valence-corrected chi connectivity index (χ1v) is 5.70. The fourth-order valence-corrected chi connectivity index (χ4v) is 1.64. The van der Waals surface area contributed by atoms with Crippen LogP contribution in [-0.4, -0.2) is 21.9 Å². The number of carbonyl (C=O) groups excluding carboxylic acids is 1. The highest BCUT2D eigenvalue weighted by Crippen LogP contribution is 2.11. The Morgan fingerprint density at radius 2 is 2.33 bits per heavy atom. The first-order chi connectivity index (χ1) is 8.56. The Hall–Kier alpha value is -2.11. The van der Waals surface area contributed by atoms with Gasteiger partial charge in [0.15, 0.2) is 5.84 Å². The van der Waals surface area contributed by atoms with Crippen LogP contribution < -0.4 is 11.1 Å². The second-order valence-corrected chi connectivity index (χ2v) is 4.33. The van der Waals surface area contributed by atoms with E-state index in [1.807, 2.05) is 19.9 Å². The van der Waals surface area contributed by atoms with Gasteiger partial charge >= 0.3 is 0 Å². The fraction of sp³-hybridized carbons (Fsp3) is 0.417. The molecule has 0 spiro atoms. The summed E-state index contributed by atoms with van der Waals surface area (Å²) in [5, 5.41) is 14.3. The van der Waals surface area contributed by atoms with Crippen LogP contribution in [-0.2, 0) is 11.3 Å². The van der Waals surface area contributed by atoms with E-state index in [4.69, 9.17) is 10.9 Å². The van der Waals surface area contributed by atoms with Gasteiger partial charge in [0.25, 0.3) is 0 Å². The zero-order chi connectivity index (χ0) is 13.5. The standard InChI is InChI=1S/C12H18N4O2/c1-8(2)10(11(13)16-18)12(17)15-7-9-4-3-5-14-6-9/h3-6,8,10,18H,7H2,1-2H3,(H2,13,16)(H,15,17). The van der Waals surface area contributed by atoms with Gasteiger partial charge in [0.2, 0.25) is 5.91 Å². The maximum absolute atomic E-state index is 12.0. The summed E-state index contributed by atoms with van der Waals surface area (Å²) in [6, 6.07) is 3.66. The smallest absolute Gasteiger partial charge is 0.231 e. The molecule has 0 aliphatic carbocycles. The molecule has 6 nitrogen and oxygen atoms in total. The van der Waals surface area contributed by atoms with E-state index in [9.17, 15) is 4.79 Å². The Morgan fingerprint density at radius 1 is 1.61 bits per heavy atom. The number of carbonyl (C=O) groups is 1. The Bertz CT molecular complexity index is 417. The Balaban J connectivity index is 2.63. The third kappa shape index (κ3) is 3.73. The molecule has 0 saturated heterocycles. The van der Waals surface area contributed by atoms with Crippen molar-refractivity contribution in [2.24, 2.45) is 22.7 Å². The van der Waals surface area contributed by atoms with Crippen molar-refractivity contribution in [2.45, 2.75) is 20.4 Å². The van der Waals surface area contributed by atoms with Crippen molar-refractivity contribution in [2.75, 3.05) is 0 Å². The maximum Gasteiger partial charge on any atom is 0.231 e. The van der Waals surface area contributed by atoms with Gasteiger partial charge in [-0.05, 0) is 17.5 Å². The molecule has 98 valence electrons. The van der Waals surface area contributed by atoms with Gasteiger partial charge in [-0.2, -0.15) is 0 Å². The highest BCUT2D eigenvalue weighted by atomic mass is 16.4. The first kappa shape index (κ1) is 14.0. The quantitative estimate of drug-likeness (QED) is 0.310. The first-order valence-electron chi connectivity index (χ1n) is 5.70. The molecule has 1 rings (SSSR count). The molecule has 0 fully saturated rings. The van der Waals surface area contributed by atoms with E-state index in [1.54, 1.807) is 18.5 Å². The molecule has 0 aliphatic rings. The molecule has 1 amide bonds. The SMILES string of the molecule is CC(C)C(C(=O)NCc1cccnc1)C(N)=NO. The molecule has 6 heteroatoms. The van der Waals surface area contributed by atoms with Gasteiger partial charge in [0.05, 0.1) is 0 Å². The molecule has 0 saturated carbocycles. The molecule has 1 aromatic rings. The summed E-state index contributed by atoms with van der Waals surface area (Å²) in [4.78, 5) is 15.9. The van der Waals surface area contributed by atoms with Crippen molar-refractivity contribution in [1.29, 1.82) is 0 Å². The molecule has 1 atom stereocenters. The summed E-state index contributed by atoms with van der Waals surface area (Å²) in [5.41, 5.74) is 6.41. The lowest BCUT2D eigenvalue weighted by Gasteiger charge is -2.18. The predicted octanol–water partition coefficient (Wildman–Crippen LogP) is 0.716. The monoisotopic (exact) mass is 250 g/mol. The molecule has 4 N–H and O–H groups in total. The summed E-state index contributed by atoms with van der Waals surface area (Å²) < 4.78 is 0. The summed E-state index contributed by atoms with van der Waals surface area (Å²) in [5.74, 6) is -1.01. The number of hydrogen-bond donors (Lipinski definition) is 3. The van der Waals surface area contributed by atoms with Crippen molar-refractivity contribution in [1.82, 2.24) is 10.3 Å². The molecule has 0 aromatic carbocycles. The minimum atomic E-state index is -0.633. The van der Waals surface area contributed by atoms with Crippen LogP contribution in [0.1, 0.15) is 19.4 Å². The minimum Gasteiger partial charge on any atom is -0.409 e. The molecule has 0 bridgehead atoms. The lowest BCUT2D eigenvalue weighted by molar-refractivity contribution is -0.124. The van der Waals surface area contributed by atoms with Gasteiger partial charge < -0.3 is 16.3 Å². The number of aromatic nitrogens is 1. The van der Waals surface area contributed by atoms with E-state index in [2.05, 4.69) is 15.5 Å². The van der Waals surface area contributed by atoms with Crippen LogP contribution in [0.4, 0.5) is 0 Å². The Morgan fingerprint density at radius 3 is 2.83 bits per heavy atom. The maximum atomic E-state index is 12.0. The van der Waals surface area contributed by atoms with E-state index < -0.39 is 5.92 Å². The highest BCUT2D eigenvalue weighted by Gasteiger charge is 2.26. The van der Waals surface area contributed by atoms with Gasteiger partial charge in [0, 0.05) is 18.9 Å². The van der Waals surface area contributed by atoms with Gasteiger partial charge in [-0.25, -0.2) is 0 Å². The summed E-state index contributed by atoms with van der Waals surface area (Å²) in [7, 11) is 0. The molecular formula is C12H18N4O2. The zero-order valence-corrected chi connectivity index (χ0v) is 10.5. The van der Waals surface area contributed by atoms with Gasteiger partial charge in [-0.1, -0.05) is 25.1 Å². The fourth-order valence-electron chi connectivity index (χ4n) is 1.64. The normalized spacial score (nSPS) is 13.4.